The minimum Gasteiger partial charge on any atom is -0.497 e. The van der Waals surface area contributed by atoms with Gasteiger partial charge < -0.3 is 41.2 Å². The summed E-state index contributed by atoms with van der Waals surface area (Å²) in [5.74, 6) is 1.58. The number of esters is 1. The summed E-state index contributed by atoms with van der Waals surface area (Å²) in [4.78, 5) is 73.5. The van der Waals surface area contributed by atoms with E-state index in [-0.39, 0.29) is 42.4 Å². The Morgan fingerprint density at radius 3 is 0.993 bits per heavy atom. The van der Waals surface area contributed by atoms with Gasteiger partial charge in [0.15, 0.2) is 35.8 Å². The van der Waals surface area contributed by atoms with Crippen LogP contribution >= 0.6 is 15.9 Å². The van der Waals surface area contributed by atoms with Crippen LogP contribution in [0.15, 0.2) is 318 Å². The van der Waals surface area contributed by atoms with E-state index in [1.54, 1.807) is 54.6 Å². The third-order valence-corrected chi connectivity index (χ3v) is 35.5. The number of para-hydroxylation sites is 1. The van der Waals surface area contributed by atoms with Crippen LogP contribution in [0.25, 0.3) is 54.8 Å². The first kappa shape index (κ1) is 101. The molecule has 0 unspecified atom stereocenters. The van der Waals surface area contributed by atoms with Crippen molar-refractivity contribution in [3.63, 3.8) is 0 Å². The number of nitrogens with zero attached hydrogens (tertiary/aromatic N) is 6. The highest BCUT2D eigenvalue weighted by atomic mass is 79.9. The number of methoxy groups -OCH3 is 3. The SMILES string of the molecule is COC(=O)c1ccc2oc(=O)c(S(=O)(=O)N3CCN(C)CC3)cc2c1.COc1ccc2oc(=O)c(S(=O)(=O)N3CCC(Cc4ccccc4)CC3)cc2c1.COc1cccc2cc(S(=O)(=O)N3CCC(Cc4ccccc4)CC3)c(=O)oc12.O=c1oc2ccc(Br)cc2cc1S(=O)(=O)N1CCC(Cc2ccccc2)CC1.O=c1oc2ccc(F)cc2cc1S(=O)(=O)N1CCC(Cc2ccccc2)CC1. The Hall–Kier alpha value is -12.0. The number of piperazine rings is 1. The van der Waals surface area contributed by atoms with Crippen LogP contribution in [0.3, 0.4) is 0 Å². The molecule has 5 fully saturated rings. The standard InChI is InChI=1S/2C22H23NO5S.C21H20BrNO4S.C21H20FNO4S.C16H18N2O6S/c1-27-19-9-5-8-18-15-20(22(24)28-21(18)19)29(25,26)23-12-10-17(11-13-23)14-16-6-3-2-4-7-16;1-27-19-7-8-20-18(14-19)15-21(22(24)28-20)29(25,26)23-11-9-17(10-12-23)13-16-5-3-2-4-6-16;2*22-18-6-7-19-17(13-18)14-20(21(24)27-19)28(25,26)23-10-8-16(9-11-23)12-15-4-2-1-3-5-15;1-17-5-7-18(8-6-17)25(21,22)14-10-12-9-11(15(19)23-2)3-4-13(12)24-16(14)20/h2-9,15,17H,10-14H2,1H3;2-8,14-15,17H,9-13H2,1H3;2*1-7,13-14,16H,8-12H2;3-4,9-10H,5-8H2,1-2H3. The van der Waals surface area contributed by atoms with Crippen LogP contribution in [0, 0.1) is 29.5 Å². The van der Waals surface area contributed by atoms with E-state index in [1.165, 1.54) is 120 Å². The van der Waals surface area contributed by atoms with Crippen molar-refractivity contribution in [2.75, 3.05) is 107 Å². The molecule has 0 spiro atoms. The zero-order valence-corrected chi connectivity index (χ0v) is 82.3. The fourth-order valence-corrected chi connectivity index (χ4v) is 25.6. The number of hydrogen-bond donors (Lipinski definition) is 0. The second kappa shape index (κ2) is 44.7. The number of rotatable bonds is 21. The second-order valence-corrected chi connectivity index (χ2v) is 45.2. The number of fused-ring (bicyclic) bond motifs is 5. The fourth-order valence-electron chi connectivity index (χ4n) is 17.8. The lowest BCUT2D eigenvalue weighted by Crippen LogP contribution is -2.47. The molecular weight excluding hydrogens is 1950 g/mol. The van der Waals surface area contributed by atoms with E-state index in [9.17, 15) is 75.2 Å². The molecule has 5 saturated heterocycles. The van der Waals surface area contributed by atoms with Gasteiger partial charge in [0, 0.05) is 110 Å². The first-order chi connectivity index (χ1) is 66.6. The van der Waals surface area contributed by atoms with Gasteiger partial charge in [0.05, 0.1) is 26.9 Å². The molecule has 730 valence electrons. The van der Waals surface area contributed by atoms with Crippen LogP contribution in [-0.4, -0.2) is 181 Å². The number of hydrogen-bond acceptors (Lipinski definition) is 25. The van der Waals surface area contributed by atoms with Crippen molar-refractivity contribution in [1.82, 2.24) is 26.4 Å². The number of likely N-dealkylation sites (N-methyl/N-ethyl adjacent to an activating group) is 1. The molecule has 0 aliphatic carbocycles. The van der Waals surface area contributed by atoms with Crippen LogP contribution in [0.4, 0.5) is 4.39 Å². The maximum Gasteiger partial charge on any atom is 0.356 e. The van der Waals surface area contributed by atoms with Crippen LogP contribution < -0.4 is 37.6 Å². The topological polar surface area (TPSA) is 386 Å². The zero-order valence-electron chi connectivity index (χ0n) is 76.7. The highest BCUT2D eigenvalue weighted by Crippen LogP contribution is 2.35. The van der Waals surface area contributed by atoms with Gasteiger partial charge in [0.2, 0.25) is 50.1 Å². The molecule has 0 radical (unpaired) electrons. The van der Waals surface area contributed by atoms with Crippen molar-refractivity contribution >= 4 is 127 Å². The third-order valence-electron chi connectivity index (χ3n) is 25.6. The average Bonchev–Trinajstić information content (AvgIpc) is 0.797. The predicted octanol–water partition coefficient (Wildman–Crippen LogP) is 15.2. The number of carbonyl (C=O) groups is 1. The maximum atomic E-state index is 13.5. The Morgan fingerprint density at radius 2 is 0.640 bits per heavy atom. The maximum absolute atomic E-state index is 13.5. The van der Waals surface area contributed by atoms with Crippen molar-refractivity contribution in [2.24, 2.45) is 23.7 Å². The summed E-state index contributed by atoms with van der Waals surface area (Å²) in [6, 6.07) is 70.5. The summed E-state index contributed by atoms with van der Waals surface area (Å²) >= 11 is 3.36. The lowest BCUT2D eigenvalue weighted by atomic mass is 9.91. The number of ether oxygens (including phenoxy) is 3. The smallest absolute Gasteiger partial charge is 0.356 e. The molecule has 0 saturated carbocycles. The molecule has 19 rings (SSSR count). The Kier molecular flexibility index (Phi) is 32.6. The normalized spacial score (nSPS) is 16.4. The molecule has 0 bridgehead atoms. The number of carbonyl (C=O) groups excluding carboxylic acids is 1. The zero-order chi connectivity index (χ0) is 98.5. The van der Waals surface area contributed by atoms with Crippen molar-refractivity contribution in [2.45, 2.75) is 102 Å². The number of halogens is 2. The summed E-state index contributed by atoms with van der Waals surface area (Å²) in [6.45, 7) is 4.90. The molecule has 5 aliphatic heterocycles. The minimum atomic E-state index is -3.99. The Bertz CT molecular complexity index is 7440. The first-order valence-corrected chi connectivity index (χ1v) is 53.4. The summed E-state index contributed by atoms with van der Waals surface area (Å²) < 4.78 is 192. The van der Waals surface area contributed by atoms with Gasteiger partial charge >= 0.3 is 34.1 Å². The van der Waals surface area contributed by atoms with Crippen molar-refractivity contribution in [3.05, 3.63) is 333 Å². The van der Waals surface area contributed by atoms with Gasteiger partial charge in [0.1, 0.15) is 33.9 Å². The summed E-state index contributed by atoms with van der Waals surface area (Å²) in [5.41, 5.74) is 2.21. The second-order valence-electron chi connectivity index (χ2n) is 34.7. The van der Waals surface area contributed by atoms with E-state index in [4.69, 9.17) is 31.6 Å². The van der Waals surface area contributed by atoms with Crippen LogP contribution in [0.2, 0.25) is 0 Å². The highest BCUT2D eigenvalue weighted by Gasteiger charge is 2.39. The van der Waals surface area contributed by atoms with Gasteiger partial charge in [-0.3, -0.25) is 0 Å². The third kappa shape index (κ3) is 24.4. The van der Waals surface area contributed by atoms with E-state index in [1.807, 2.05) is 84.7 Å². The summed E-state index contributed by atoms with van der Waals surface area (Å²) in [5, 5.41) is 2.20. The van der Waals surface area contributed by atoms with Gasteiger partial charge in [-0.1, -0.05) is 149 Å². The Balaban J connectivity index is 0.000000132. The van der Waals surface area contributed by atoms with Gasteiger partial charge in [-0.05, 0) is 239 Å². The van der Waals surface area contributed by atoms with Crippen LogP contribution in [0.1, 0.15) is 84.0 Å². The summed E-state index contributed by atoms with van der Waals surface area (Å²) in [6.07, 6.45) is 9.79. The molecule has 5 aromatic heterocycles. The molecule has 9 aromatic carbocycles. The summed E-state index contributed by atoms with van der Waals surface area (Å²) in [7, 11) is -13.5. The van der Waals surface area contributed by atoms with Crippen molar-refractivity contribution in [3.8, 4) is 11.5 Å². The molecule has 0 amide bonds. The fraction of sp³-hybridized carbons (Fsp3) is 0.314. The van der Waals surface area contributed by atoms with E-state index in [0.717, 1.165) is 93.7 Å². The predicted molar refractivity (Wildman–Crippen MR) is 527 cm³/mol. The minimum absolute atomic E-state index is 0.159. The molecule has 0 N–H and O–H groups in total. The van der Waals surface area contributed by atoms with E-state index in [2.05, 4.69) is 69.2 Å². The lowest BCUT2D eigenvalue weighted by molar-refractivity contribution is 0.0600. The van der Waals surface area contributed by atoms with Gasteiger partial charge in [0.25, 0.3) is 0 Å². The number of piperidine rings is 4. The van der Waals surface area contributed by atoms with Crippen LogP contribution in [-0.2, 0) is 80.5 Å². The van der Waals surface area contributed by atoms with Crippen molar-refractivity contribution < 1.29 is 87.6 Å². The molecular formula is C102H104BrFN6O24S5. The number of benzene rings is 9. The molecule has 0 atom stereocenters. The van der Waals surface area contributed by atoms with E-state index >= 15 is 0 Å². The quantitative estimate of drug-likeness (QED) is 0.0476. The number of sulfonamides is 5. The van der Waals surface area contributed by atoms with E-state index < -0.39 is 99.8 Å². The average molecular weight is 2060 g/mol. The molecule has 37 heteroatoms. The molecule has 139 heavy (non-hydrogen) atoms. The Labute approximate surface area is 811 Å². The lowest BCUT2D eigenvalue weighted by Gasteiger charge is -2.31. The molecule has 10 heterocycles. The first-order valence-electron chi connectivity index (χ1n) is 45.4. The van der Waals surface area contributed by atoms with Gasteiger partial charge in [-0.15, -0.1) is 0 Å². The van der Waals surface area contributed by atoms with E-state index in [0.29, 0.717) is 146 Å². The van der Waals surface area contributed by atoms with Crippen LogP contribution in [0.5, 0.6) is 11.5 Å². The molecule has 14 aromatic rings. The van der Waals surface area contributed by atoms with Gasteiger partial charge in [-0.25, -0.2) is 75.2 Å². The largest absolute Gasteiger partial charge is 0.497 e. The van der Waals surface area contributed by atoms with Crippen molar-refractivity contribution in [1.29, 1.82) is 0 Å². The molecule has 30 nitrogen and oxygen atoms in total. The highest BCUT2D eigenvalue weighted by molar-refractivity contribution is 9.10. The molecule has 5 aliphatic rings. The van der Waals surface area contributed by atoms with Gasteiger partial charge in [-0.2, -0.15) is 21.5 Å². The monoisotopic (exact) mass is 2050 g/mol. The Morgan fingerprint density at radius 1 is 0.331 bits per heavy atom.